The highest BCUT2D eigenvalue weighted by Crippen LogP contribution is 2.40. The van der Waals surface area contributed by atoms with E-state index in [2.05, 4.69) is 10.6 Å². The van der Waals surface area contributed by atoms with Gasteiger partial charge in [-0.2, -0.15) is 0 Å². The Balaban J connectivity index is 1.46. The van der Waals surface area contributed by atoms with Gasteiger partial charge >= 0.3 is 11.9 Å². The van der Waals surface area contributed by atoms with Crippen LogP contribution in [0.1, 0.15) is 57.2 Å². The van der Waals surface area contributed by atoms with Gasteiger partial charge in [-0.3, -0.25) is 19.2 Å². The zero-order valence-corrected chi connectivity index (χ0v) is 23.4. The van der Waals surface area contributed by atoms with Crippen molar-refractivity contribution in [1.82, 2.24) is 20.2 Å². The molecule has 0 saturated heterocycles. The summed E-state index contributed by atoms with van der Waals surface area (Å²) in [4.78, 5) is 69.1. The van der Waals surface area contributed by atoms with E-state index in [1.54, 1.807) is 17.6 Å². The van der Waals surface area contributed by atoms with E-state index >= 15 is 0 Å². The molecular weight excluding hydrogens is 528 g/mol. The van der Waals surface area contributed by atoms with Crippen molar-refractivity contribution in [3.05, 3.63) is 63.4 Å². The highest BCUT2D eigenvalue weighted by atomic mass is 16.6. The number of fused-ring (bicyclic) bond motifs is 5. The zero-order chi connectivity index (χ0) is 29.5. The summed E-state index contributed by atoms with van der Waals surface area (Å²) < 4.78 is 12.7. The summed E-state index contributed by atoms with van der Waals surface area (Å²) >= 11 is 0. The van der Waals surface area contributed by atoms with E-state index < -0.39 is 36.0 Å². The van der Waals surface area contributed by atoms with Gasteiger partial charge in [-0.05, 0) is 30.5 Å². The molecule has 2 aliphatic heterocycles. The highest BCUT2D eigenvalue weighted by molar-refractivity contribution is 5.91. The highest BCUT2D eigenvalue weighted by Gasteiger charge is 2.50. The van der Waals surface area contributed by atoms with Gasteiger partial charge in [0.1, 0.15) is 19.2 Å². The minimum atomic E-state index is -1.88. The summed E-state index contributed by atoms with van der Waals surface area (Å²) in [5, 5.41) is 6.05. The zero-order valence-electron chi connectivity index (χ0n) is 23.4. The van der Waals surface area contributed by atoms with Crippen molar-refractivity contribution in [2.24, 2.45) is 5.92 Å². The van der Waals surface area contributed by atoms with E-state index in [0.29, 0.717) is 24.4 Å². The molecule has 0 unspecified atom stereocenters. The lowest BCUT2D eigenvalue weighted by Crippen LogP contribution is -2.52. The normalized spacial score (nSPS) is 18.4. The number of rotatable bonds is 8. The molecule has 214 valence electrons. The topological polar surface area (TPSA) is 146 Å². The number of carbonyl (C=O) groups excluding carboxylic acids is 4. The van der Waals surface area contributed by atoms with Gasteiger partial charge in [0.2, 0.25) is 17.4 Å². The fourth-order valence-corrected chi connectivity index (χ4v) is 5.50. The molecule has 0 fully saturated rings. The minimum absolute atomic E-state index is 0.000799. The van der Waals surface area contributed by atoms with Crippen LogP contribution in [0.3, 0.4) is 0 Å². The van der Waals surface area contributed by atoms with Crippen LogP contribution in [0.2, 0.25) is 0 Å². The number of esters is 2. The average Bonchev–Trinajstić information content (AvgIpc) is 3.32. The Morgan fingerprint density at radius 2 is 1.93 bits per heavy atom. The van der Waals surface area contributed by atoms with Crippen molar-refractivity contribution in [3.8, 4) is 11.4 Å². The third kappa shape index (κ3) is 4.85. The number of carbonyl (C=O) groups is 4. The lowest BCUT2D eigenvalue weighted by Gasteiger charge is -2.35. The predicted molar refractivity (Wildman–Crippen MR) is 148 cm³/mol. The third-order valence-electron chi connectivity index (χ3n) is 7.93. The Kier molecular flexibility index (Phi) is 7.37. The lowest BCUT2D eigenvalue weighted by molar-refractivity contribution is -0.189. The van der Waals surface area contributed by atoms with E-state index in [-0.39, 0.29) is 41.5 Å². The van der Waals surface area contributed by atoms with Gasteiger partial charge < -0.3 is 24.7 Å². The molecule has 11 heteroatoms. The van der Waals surface area contributed by atoms with Gasteiger partial charge in [-0.15, -0.1) is 0 Å². The number of nitrogens with one attached hydrogen (secondary N) is 2. The summed E-state index contributed by atoms with van der Waals surface area (Å²) in [6.07, 6.45) is 0.624. The number of para-hydroxylation sites is 1. The quantitative estimate of drug-likeness (QED) is 0.312. The van der Waals surface area contributed by atoms with Gasteiger partial charge in [0.25, 0.3) is 5.56 Å². The van der Waals surface area contributed by atoms with Gasteiger partial charge in [-0.1, -0.05) is 45.4 Å². The van der Waals surface area contributed by atoms with Crippen molar-refractivity contribution >= 4 is 34.7 Å². The molecule has 2 amide bonds. The molecule has 2 aromatic heterocycles. The van der Waals surface area contributed by atoms with Crippen LogP contribution < -0.4 is 16.2 Å². The number of hydrogen-bond acceptors (Lipinski definition) is 8. The molecule has 11 nitrogen and oxygen atoms in total. The predicted octanol–water partition coefficient (Wildman–Crippen LogP) is 2.30. The SMILES string of the molecule is CC[C@H](C)[C@H](NC(C)=O)C(=O)NCC(=O)O[C@]1(CC)C(=O)OCc2c1cc1n(c2=O)Cc2cc3ccccc3nc2-1. The Bertz CT molecular complexity index is 1650. The van der Waals surface area contributed by atoms with Crippen molar-refractivity contribution in [3.63, 3.8) is 0 Å². The second-order valence-corrected chi connectivity index (χ2v) is 10.5. The van der Waals surface area contributed by atoms with E-state index in [4.69, 9.17) is 14.5 Å². The maximum atomic E-state index is 13.6. The van der Waals surface area contributed by atoms with Crippen LogP contribution >= 0.6 is 0 Å². The first-order chi connectivity index (χ1) is 19.6. The molecular formula is C30H32N4O7. The van der Waals surface area contributed by atoms with Crippen LogP contribution in [-0.2, 0) is 47.4 Å². The molecule has 0 spiro atoms. The first-order valence-electron chi connectivity index (χ1n) is 13.7. The van der Waals surface area contributed by atoms with Crippen molar-refractivity contribution in [1.29, 1.82) is 0 Å². The summed E-state index contributed by atoms with van der Waals surface area (Å²) in [6, 6.07) is 10.5. The fraction of sp³-hybridized carbons (Fsp3) is 0.400. The fourth-order valence-electron chi connectivity index (χ4n) is 5.50. The molecule has 41 heavy (non-hydrogen) atoms. The maximum Gasteiger partial charge on any atom is 0.355 e. The first-order valence-corrected chi connectivity index (χ1v) is 13.7. The molecule has 5 rings (SSSR count). The van der Waals surface area contributed by atoms with E-state index in [9.17, 15) is 24.0 Å². The number of ether oxygens (including phenoxy) is 2. The summed E-state index contributed by atoms with van der Waals surface area (Å²) in [6.45, 7) is 6.18. The molecule has 4 heterocycles. The first kappa shape index (κ1) is 28.0. The second-order valence-electron chi connectivity index (χ2n) is 10.5. The van der Waals surface area contributed by atoms with Crippen LogP contribution in [0.25, 0.3) is 22.3 Å². The molecule has 0 saturated carbocycles. The van der Waals surface area contributed by atoms with Gasteiger partial charge in [0, 0.05) is 23.4 Å². The van der Waals surface area contributed by atoms with Gasteiger partial charge in [-0.25, -0.2) is 9.78 Å². The Morgan fingerprint density at radius 1 is 1.17 bits per heavy atom. The van der Waals surface area contributed by atoms with Crippen LogP contribution in [0.4, 0.5) is 0 Å². The third-order valence-corrected chi connectivity index (χ3v) is 7.93. The number of pyridine rings is 2. The van der Waals surface area contributed by atoms with Crippen LogP contribution in [0.5, 0.6) is 0 Å². The monoisotopic (exact) mass is 560 g/mol. The van der Waals surface area contributed by atoms with Gasteiger partial charge in [0.05, 0.1) is 29.0 Å². The van der Waals surface area contributed by atoms with Crippen LogP contribution in [0.15, 0.2) is 41.2 Å². The van der Waals surface area contributed by atoms with Gasteiger partial charge in [0.15, 0.2) is 0 Å². The molecule has 0 radical (unpaired) electrons. The standard InChI is InChI=1S/C30H32N4O7/c1-5-16(3)25(32-17(4)35)27(37)31-13-24(36)41-30(6-2)21-12-23-26-19(11-18-9-7-8-10-22(18)33-26)14-34(23)28(38)20(21)15-40-29(30)39/h7-12,16,25H,5-6,13-15H2,1-4H3,(H,31,37)(H,32,35)/t16-,25-,30-/m0/s1. The van der Waals surface area contributed by atoms with Crippen molar-refractivity contribution in [2.75, 3.05) is 6.54 Å². The molecule has 1 aromatic carbocycles. The van der Waals surface area contributed by atoms with Crippen molar-refractivity contribution < 1.29 is 28.7 Å². The summed E-state index contributed by atoms with van der Waals surface area (Å²) in [5.41, 5.74) is 1.05. The molecule has 2 N–H and O–H groups in total. The summed E-state index contributed by atoms with van der Waals surface area (Å²) in [5.74, 6) is -2.78. The smallest absolute Gasteiger partial charge is 0.355 e. The van der Waals surface area contributed by atoms with Crippen LogP contribution in [-0.4, -0.2) is 45.9 Å². The Hall–Kier alpha value is -4.54. The lowest BCUT2D eigenvalue weighted by atomic mass is 9.85. The van der Waals surface area contributed by atoms with Crippen LogP contribution in [0, 0.1) is 5.92 Å². The number of nitrogens with zero attached hydrogens (tertiary/aromatic N) is 2. The largest absolute Gasteiger partial charge is 0.457 e. The Morgan fingerprint density at radius 3 is 2.63 bits per heavy atom. The molecule has 2 aliphatic rings. The molecule has 0 aliphatic carbocycles. The minimum Gasteiger partial charge on any atom is -0.457 e. The number of cyclic esters (lactones) is 1. The van der Waals surface area contributed by atoms with E-state index in [1.807, 2.05) is 44.2 Å². The van der Waals surface area contributed by atoms with E-state index in [1.165, 1.54) is 6.92 Å². The average molecular weight is 561 g/mol. The number of benzene rings is 1. The maximum absolute atomic E-state index is 13.6. The summed E-state index contributed by atoms with van der Waals surface area (Å²) in [7, 11) is 0. The molecule has 3 aromatic rings. The molecule has 3 atom stereocenters. The second kappa shape index (κ2) is 10.8. The molecule has 0 bridgehead atoms. The Labute approximate surface area is 236 Å². The number of aromatic nitrogens is 2. The van der Waals surface area contributed by atoms with E-state index in [0.717, 1.165) is 16.5 Å². The van der Waals surface area contributed by atoms with Crippen molar-refractivity contribution in [2.45, 2.75) is 65.3 Å². The number of hydrogen-bond donors (Lipinski definition) is 2. The number of amides is 2.